The summed E-state index contributed by atoms with van der Waals surface area (Å²) in [5, 5.41) is 3.93. The van der Waals surface area contributed by atoms with E-state index < -0.39 is 0 Å². The Morgan fingerprint density at radius 1 is 1.32 bits per heavy atom. The first-order valence-electron chi connectivity index (χ1n) is 8.99. The van der Waals surface area contributed by atoms with Crippen LogP contribution < -0.4 is 5.32 Å². The predicted molar refractivity (Wildman–Crippen MR) is 99.3 cm³/mol. The molecule has 1 N–H and O–H groups in total. The minimum absolute atomic E-state index is 0.0185. The Kier molecular flexibility index (Phi) is 5.48. The van der Waals surface area contributed by atoms with Gasteiger partial charge in [0.2, 0.25) is 11.8 Å². The first kappa shape index (κ1) is 18.0. The molecule has 2 amide bonds. The highest BCUT2D eigenvalue weighted by molar-refractivity contribution is 6.30. The van der Waals surface area contributed by atoms with Gasteiger partial charge >= 0.3 is 0 Å². The average molecular weight is 361 g/mol. The van der Waals surface area contributed by atoms with Crippen LogP contribution in [0.15, 0.2) is 30.9 Å². The molecule has 1 fully saturated rings. The number of halogens is 1. The van der Waals surface area contributed by atoms with Gasteiger partial charge in [-0.1, -0.05) is 31.2 Å². The number of nitrogens with zero attached hydrogens (tertiary/aromatic N) is 1. The molecule has 1 aliphatic carbocycles. The summed E-state index contributed by atoms with van der Waals surface area (Å²) in [6.45, 7) is 6.94. The Balaban J connectivity index is 1.57. The molecular formula is C20H25ClN2O2. The standard InChI is InChI=1S/C20H25ClN2O2/c1-3-19(24)23-10-8-14(9-11-23)13(2)20(25)22-18-7-5-15-4-6-16(21)12-17(15)18/h3-4,6,12-14,18H,1,5,7-11H2,2H3,(H,22,25). The molecule has 4 nitrogen and oxygen atoms in total. The summed E-state index contributed by atoms with van der Waals surface area (Å²) in [4.78, 5) is 26.2. The Morgan fingerprint density at radius 2 is 2.04 bits per heavy atom. The summed E-state index contributed by atoms with van der Waals surface area (Å²) in [5.41, 5.74) is 2.43. The van der Waals surface area contributed by atoms with Crippen LogP contribution in [0.2, 0.25) is 5.02 Å². The van der Waals surface area contributed by atoms with Crippen molar-refractivity contribution in [3.05, 3.63) is 47.0 Å². The van der Waals surface area contributed by atoms with Crippen molar-refractivity contribution in [3.63, 3.8) is 0 Å². The number of benzene rings is 1. The molecule has 0 aromatic heterocycles. The van der Waals surface area contributed by atoms with Crippen LogP contribution in [0.3, 0.4) is 0 Å². The van der Waals surface area contributed by atoms with Gasteiger partial charge in [-0.15, -0.1) is 0 Å². The lowest BCUT2D eigenvalue weighted by atomic mass is 9.84. The Labute approximate surface area is 154 Å². The van der Waals surface area contributed by atoms with Gasteiger partial charge in [0.15, 0.2) is 0 Å². The molecule has 0 spiro atoms. The van der Waals surface area contributed by atoms with E-state index in [1.165, 1.54) is 11.6 Å². The fourth-order valence-electron chi connectivity index (χ4n) is 3.99. The van der Waals surface area contributed by atoms with Crippen molar-refractivity contribution in [2.75, 3.05) is 13.1 Å². The van der Waals surface area contributed by atoms with E-state index in [1.54, 1.807) is 0 Å². The number of carbonyl (C=O) groups is 2. The Hall–Kier alpha value is -1.81. The van der Waals surface area contributed by atoms with Gasteiger partial charge in [0, 0.05) is 24.0 Å². The first-order chi connectivity index (χ1) is 12.0. The fraction of sp³-hybridized carbons (Fsp3) is 0.500. The molecule has 1 aromatic rings. The van der Waals surface area contributed by atoms with Crippen LogP contribution >= 0.6 is 11.6 Å². The van der Waals surface area contributed by atoms with E-state index in [9.17, 15) is 9.59 Å². The summed E-state index contributed by atoms with van der Waals surface area (Å²) in [5.74, 6) is 0.347. The average Bonchev–Trinajstić information content (AvgIpc) is 3.02. The quantitative estimate of drug-likeness (QED) is 0.835. The van der Waals surface area contributed by atoms with Crippen molar-refractivity contribution in [3.8, 4) is 0 Å². The maximum Gasteiger partial charge on any atom is 0.245 e. The number of rotatable bonds is 4. The largest absolute Gasteiger partial charge is 0.349 e. The number of hydrogen-bond acceptors (Lipinski definition) is 2. The highest BCUT2D eigenvalue weighted by Crippen LogP contribution is 2.34. The lowest BCUT2D eigenvalue weighted by Crippen LogP contribution is -2.42. The van der Waals surface area contributed by atoms with Crippen molar-refractivity contribution in [1.82, 2.24) is 10.2 Å². The minimum Gasteiger partial charge on any atom is -0.349 e. The molecule has 3 rings (SSSR count). The van der Waals surface area contributed by atoms with Crippen molar-refractivity contribution >= 4 is 23.4 Å². The van der Waals surface area contributed by atoms with Gasteiger partial charge in [-0.2, -0.15) is 0 Å². The van der Waals surface area contributed by atoms with Crippen LogP contribution in [0.4, 0.5) is 0 Å². The smallest absolute Gasteiger partial charge is 0.245 e. The number of amides is 2. The lowest BCUT2D eigenvalue weighted by Gasteiger charge is -2.34. The van der Waals surface area contributed by atoms with Crippen molar-refractivity contribution < 1.29 is 9.59 Å². The molecule has 134 valence electrons. The van der Waals surface area contributed by atoms with Crippen LogP contribution in [0.5, 0.6) is 0 Å². The number of nitrogens with one attached hydrogen (secondary N) is 1. The van der Waals surface area contributed by atoms with Crippen molar-refractivity contribution in [2.45, 2.75) is 38.6 Å². The van der Waals surface area contributed by atoms with Gasteiger partial charge < -0.3 is 10.2 Å². The zero-order chi connectivity index (χ0) is 18.0. The molecule has 2 aliphatic rings. The summed E-state index contributed by atoms with van der Waals surface area (Å²) < 4.78 is 0. The van der Waals surface area contributed by atoms with E-state index in [0.29, 0.717) is 24.0 Å². The third-order valence-corrected chi connectivity index (χ3v) is 5.88. The van der Waals surface area contributed by atoms with Crippen molar-refractivity contribution in [1.29, 1.82) is 0 Å². The molecular weight excluding hydrogens is 336 g/mol. The van der Waals surface area contributed by atoms with E-state index in [1.807, 2.05) is 24.0 Å². The van der Waals surface area contributed by atoms with Gasteiger partial charge in [0.1, 0.15) is 0 Å². The predicted octanol–water partition coefficient (Wildman–Crippen LogP) is 3.50. The molecule has 2 unspecified atom stereocenters. The summed E-state index contributed by atoms with van der Waals surface area (Å²) in [6, 6.07) is 6.00. The SMILES string of the molecule is C=CC(=O)N1CCC(C(C)C(=O)NC2CCc3ccc(Cl)cc32)CC1. The molecule has 1 heterocycles. The summed E-state index contributed by atoms with van der Waals surface area (Å²) >= 11 is 6.11. The van der Waals surface area contributed by atoms with Crippen LogP contribution in [-0.2, 0) is 16.0 Å². The number of fused-ring (bicyclic) bond motifs is 1. The van der Waals surface area contributed by atoms with Gasteiger partial charge in [-0.05, 0) is 60.9 Å². The highest BCUT2D eigenvalue weighted by atomic mass is 35.5. The van der Waals surface area contributed by atoms with Crippen LogP contribution in [0, 0.1) is 11.8 Å². The third-order valence-electron chi connectivity index (χ3n) is 5.65. The number of likely N-dealkylation sites (tertiary alicyclic amines) is 1. The summed E-state index contributed by atoms with van der Waals surface area (Å²) in [7, 11) is 0. The molecule has 5 heteroatoms. The number of hydrogen-bond donors (Lipinski definition) is 1. The topological polar surface area (TPSA) is 49.4 Å². The second-order valence-corrected chi connectivity index (χ2v) is 7.53. The normalized spacial score (nSPS) is 21.5. The minimum atomic E-state index is -0.0517. The monoisotopic (exact) mass is 360 g/mol. The molecule has 1 aromatic carbocycles. The Morgan fingerprint density at radius 3 is 2.72 bits per heavy atom. The summed E-state index contributed by atoms with van der Waals surface area (Å²) in [6.07, 6.45) is 5.00. The van der Waals surface area contributed by atoms with Gasteiger partial charge in [-0.3, -0.25) is 9.59 Å². The van der Waals surface area contributed by atoms with E-state index in [4.69, 9.17) is 11.6 Å². The molecule has 0 saturated carbocycles. The maximum atomic E-state index is 12.7. The third kappa shape index (κ3) is 3.90. The number of aryl methyl sites for hydroxylation is 1. The van der Waals surface area contributed by atoms with E-state index in [-0.39, 0.29) is 23.8 Å². The highest BCUT2D eigenvalue weighted by Gasteiger charge is 2.31. The fourth-order valence-corrected chi connectivity index (χ4v) is 4.17. The number of piperidine rings is 1. The van der Waals surface area contributed by atoms with Crippen LogP contribution in [0.25, 0.3) is 0 Å². The van der Waals surface area contributed by atoms with E-state index in [2.05, 4.69) is 18.0 Å². The first-order valence-corrected chi connectivity index (χ1v) is 9.37. The van der Waals surface area contributed by atoms with Gasteiger partial charge in [0.25, 0.3) is 0 Å². The van der Waals surface area contributed by atoms with Crippen molar-refractivity contribution in [2.24, 2.45) is 11.8 Å². The van der Waals surface area contributed by atoms with Gasteiger partial charge in [-0.25, -0.2) is 0 Å². The lowest BCUT2D eigenvalue weighted by molar-refractivity contribution is -0.129. The maximum absolute atomic E-state index is 12.7. The second kappa shape index (κ2) is 7.61. The van der Waals surface area contributed by atoms with Crippen LogP contribution in [-0.4, -0.2) is 29.8 Å². The molecule has 2 atom stereocenters. The zero-order valence-corrected chi connectivity index (χ0v) is 15.4. The second-order valence-electron chi connectivity index (χ2n) is 7.10. The Bertz CT molecular complexity index is 680. The molecule has 1 saturated heterocycles. The molecule has 25 heavy (non-hydrogen) atoms. The van der Waals surface area contributed by atoms with Crippen LogP contribution in [0.1, 0.15) is 43.4 Å². The molecule has 1 aliphatic heterocycles. The van der Waals surface area contributed by atoms with Gasteiger partial charge in [0.05, 0.1) is 6.04 Å². The van der Waals surface area contributed by atoms with E-state index >= 15 is 0 Å². The molecule has 0 radical (unpaired) electrons. The number of carbonyl (C=O) groups excluding carboxylic acids is 2. The van der Waals surface area contributed by atoms with E-state index in [0.717, 1.165) is 31.2 Å². The zero-order valence-electron chi connectivity index (χ0n) is 14.6. The molecule has 0 bridgehead atoms.